The number of nitrogens with zero attached hydrogens (tertiary/aromatic N) is 6. The van der Waals surface area contributed by atoms with Crippen molar-refractivity contribution in [2.24, 2.45) is 0 Å². The summed E-state index contributed by atoms with van der Waals surface area (Å²) in [6.07, 6.45) is 1.34. The largest absolute Gasteiger partial charge is 0.284 e. The first kappa shape index (κ1) is 13.0. The minimum Gasteiger partial charge on any atom is -0.283 e. The molecule has 0 aliphatic carbocycles. The Kier molecular flexibility index (Phi) is 2.99. The number of rotatable bonds is 2. The van der Waals surface area contributed by atoms with E-state index < -0.39 is 0 Å². The minimum absolute atomic E-state index is 0.0573. The molecule has 2 aromatic heterocycles. The summed E-state index contributed by atoms with van der Waals surface area (Å²) in [6, 6.07) is 7.76. The quantitative estimate of drug-likeness (QED) is 0.701. The van der Waals surface area contributed by atoms with E-state index in [0.717, 1.165) is 11.3 Å². The number of hydrogen-bond donors (Lipinski definition) is 0. The summed E-state index contributed by atoms with van der Waals surface area (Å²) in [5.41, 5.74) is 3.27. The SMILES string of the molecule is Cc1ccc(-n2nnc3c(=O)n(CC#N)cnc32)cc1C. The third kappa shape index (κ3) is 2.07. The van der Waals surface area contributed by atoms with Crippen LogP contribution in [-0.4, -0.2) is 24.5 Å². The Bertz CT molecular complexity index is 931. The molecule has 0 bridgehead atoms. The van der Waals surface area contributed by atoms with Crippen molar-refractivity contribution in [3.8, 4) is 11.8 Å². The van der Waals surface area contributed by atoms with Crippen LogP contribution >= 0.6 is 0 Å². The molecule has 0 saturated heterocycles. The van der Waals surface area contributed by atoms with E-state index in [9.17, 15) is 4.79 Å². The van der Waals surface area contributed by atoms with Gasteiger partial charge in [0.15, 0.2) is 11.2 Å². The van der Waals surface area contributed by atoms with Crippen molar-refractivity contribution in [2.45, 2.75) is 20.4 Å². The van der Waals surface area contributed by atoms with Gasteiger partial charge in [-0.3, -0.25) is 9.36 Å². The summed E-state index contributed by atoms with van der Waals surface area (Å²) in [5, 5.41) is 16.6. The van der Waals surface area contributed by atoms with E-state index in [1.807, 2.05) is 38.1 Å². The second-order valence-electron chi connectivity index (χ2n) is 4.78. The Morgan fingerprint density at radius 3 is 2.81 bits per heavy atom. The minimum atomic E-state index is -0.364. The molecular formula is C14H12N6O. The second kappa shape index (κ2) is 4.83. The molecule has 0 unspecified atom stereocenters. The van der Waals surface area contributed by atoms with Gasteiger partial charge in [-0.05, 0) is 37.1 Å². The van der Waals surface area contributed by atoms with Gasteiger partial charge in [0.1, 0.15) is 12.9 Å². The molecule has 0 spiro atoms. The van der Waals surface area contributed by atoms with Crippen LogP contribution in [-0.2, 0) is 6.54 Å². The smallest absolute Gasteiger partial charge is 0.283 e. The lowest BCUT2D eigenvalue weighted by molar-refractivity contribution is 0.771. The Balaban J connectivity index is 2.21. The highest BCUT2D eigenvalue weighted by Crippen LogP contribution is 2.15. The Morgan fingerprint density at radius 2 is 2.10 bits per heavy atom. The predicted octanol–water partition coefficient (Wildman–Crippen LogP) is 1.12. The van der Waals surface area contributed by atoms with Crippen LogP contribution < -0.4 is 5.56 Å². The molecule has 0 amide bonds. The molecule has 104 valence electrons. The van der Waals surface area contributed by atoms with Gasteiger partial charge in [0.25, 0.3) is 5.56 Å². The van der Waals surface area contributed by atoms with Gasteiger partial charge in [-0.2, -0.15) is 9.94 Å². The van der Waals surface area contributed by atoms with Crippen LogP contribution in [0.5, 0.6) is 0 Å². The van der Waals surface area contributed by atoms with Gasteiger partial charge in [0.05, 0.1) is 11.8 Å². The van der Waals surface area contributed by atoms with E-state index in [4.69, 9.17) is 5.26 Å². The van der Waals surface area contributed by atoms with Gasteiger partial charge >= 0.3 is 0 Å². The van der Waals surface area contributed by atoms with Gasteiger partial charge in [0.2, 0.25) is 0 Å². The number of nitriles is 1. The van der Waals surface area contributed by atoms with Gasteiger partial charge in [0, 0.05) is 0 Å². The topological polar surface area (TPSA) is 89.4 Å². The molecular weight excluding hydrogens is 268 g/mol. The lowest BCUT2D eigenvalue weighted by Crippen LogP contribution is -2.20. The summed E-state index contributed by atoms with van der Waals surface area (Å²) in [4.78, 5) is 16.3. The Hall–Kier alpha value is -3.01. The van der Waals surface area contributed by atoms with Crippen LogP contribution in [0.15, 0.2) is 29.3 Å². The van der Waals surface area contributed by atoms with E-state index in [2.05, 4.69) is 15.3 Å². The first-order chi connectivity index (χ1) is 10.1. The maximum Gasteiger partial charge on any atom is 0.284 e. The molecule has 21 heavy (non-hydrogen) atoms. The number of aryl methyl sites for hydroxylation is 2. The summed E-state index contributed by atoms with van der Waals surface area (Å²) >= 11 is 0. The molecule has 2 heterocycles. The first-order valence-electron chi connectivity index (χ1n) is 6.37. The molecule has 3 aromatic rings. The standard InChI is InChI=1S/C14H12N6O/c1-9-3-4-11(7-10(9)2)20-13-12(17-18-20)14(21)19(6-5-15)8-16-13/h3-4,7-8H,6H2,1-2H3. The van der Waals surface area contributed by atoms with Crippen LogP contribution in [0.25, 0.3) is 16.9 Å². The Labute approximate surface area is 120 Å². The second-order valence-corrected chi connectivity index (χ2v) is 4.78. The predicted molar refractivity (Wildman–Crippen MR) is 76.0 cm³/mol. The average Bonchev–Trinajstić information content (AvgIpc) is 2.90. The summed E-state index contributed by atoms with van der Waals surface area (Å²) in [6.45, 7) is 3.97. The molecule has 0 saturated carbocycles. The maximum absolute atomic E-state index is 12.1. The average molecular weight is 280 g/mol. The third-order valence-corrected chi connectivity index (χ3v) is 3.41. The molecule has 0 atom stereocenters. The zero-order valence-corrected chi connectivity index (χ0v) is 11.6. The van der Waals surface area contributed by atoms with E-state index in [1.165, 1.54) is 21.1 Å². The summed E-state index contributed by atoms with van der Waals surface area (Å²) < 4.78 is 2.74. The molecule has 3 rings (SSSR count). The highest BCUT2D eigenvalue weighted by Gasteiger charge is 2.13. The van der Waals surface area contributed by atoms with E-state index in [1.54, 1.807) is 0 Å². The Morgan fingerprint density at radius 1 is 1.29 bits per heavy atom. The number of benzene rings is 1. The van der Waals surface area contributed by atoms with Crippen LogP contribution in [0.3, 0.4) is 0 Å². The maximum atomic E-state index is 12.1. The fourth-order valence-electron chi connectivity index (χ4n) is 2.06. The fourth-order valence-corrected chi connectivity index (χ4v) is 2.06. The van der Waals surface area contributed by atoms with Crippen LogP contribution in [0.4, 0.5) is 0 Å². The molecule has 0 N–H and O–H groups in total. The van der Waals surface area contributed by atoms with Gasteiger partial charge in [-0.1, -0.05) is 11.3 Å². The van der Waals surface area contributed by atoms with Crippen molar-refractivity contribution >= 4 is 11.2 Å². The van der Waals surface area contributed by atoms with Crippen molar-refractivity contribution in [3.63, 3.8) is 0 Å². The number of hydrogen-bond acceptors (Lipinski definition) is 5. The van der Waals surface area contributed by atoms with E-state index in [0.29, 0.717) is 5.65 Å². The highest BCUT2D eigenvalue weighted by atomic mass is 16.1. The molecule has 0 radical (unpaired) electrons. The molecule has 1 aromatic carbocycles. The van der Waals surface area contributed by atoms with Gasteiger partial charge in [-0.15, -0.1) is 5.10 Å². The van der Waals surface area contributed by atoms with E-state index in [-0.39, 0.29) is 17.6 Å². The van der Waals surface area contributed by atoms with Gasteiger partial charge < -0.3 is 0 Å². The lowest BCUT2D eigenvalue weighted by atomic mass is 10.1. The fraction of sp³-hybridized carbons (Fsp3) is 0.214. The van der Waals surface area contributed by atoms with Crippen molar-refractivity contribution < 1.29 is 0 Å². The van der Waals surface area contributed by atoms with Gasteiger partial charge in [-0.25, -0.2) is 4.98 Å². The molecule has 7 heteroatoms. The van der Waals surface area contributed by atoms with Crippen molar-refractivity contribution in [1.82, 2.24) is 24.5 Å². The van der Waals surface area contributed by atoms with Crippen molar-refractivity contribution in [1.29, 1.82) is 5.26 Å². The lowest BCUT2D eigenvalue weighted by Gasteiger charge is -2.05. The van der Waals surface area contributed by atoms with Crippen molar-refractivity contribution in [3.05, 3.63) is 46.0 Å². The molecule has 7 nitrogen and oxygen atoms in total. The monoisotopic (exact) mass is 280 g/mol. The van der Waals surface area contributed by atoms with Crippen LogP contribution in [0, 0.1) is 25.2 Å². The highest BCUT2D eigenvalue weighted by molar-refractivity contribution is 5.70. The summed E-state index contributed by atoms with van der Waals surface area (Å²) in [7, 11) is 0. The number of aromatic nitrogens is 5. The zero-order chi connectivity index (χ0) is 15.0. The third-order valence-electron chi connectivity index (χ3n) is 3.41. The van der Waals surface area contributed by atoms with E-state index >= 15 is 0 Å². The molecule has 0 aliphatic heterocycles. The molecule has 0 aliphatic rings. The zero-order valence-electron chi connectivity index (χ0n) is 11.6. The van der Waals surface area contributed by atoms with Crippen LogP contribution in [0.1, 0.15) is 11.1 Å². The van der Waals surface area contributed by atoms with Crippen molar-refractivity contribution in [2.75, 3.05) is 0 Å². The van der Waals surface area contributed by atoms with Crippen LogP contribution in [0.2, 0.25) is 0 Å². The first-order valence-corrected chi connectivity index (χ1v) is 6.37. The molecule has 0 fully saturated rings. The normalized spacial score (nSPS) is 10.7. The number of fused-ring (bicyclic) bond motifs is 1. The summed E-state index contributed by atoms with van der Waals surface area (Å²) in [5.74, 6) is 0.